The average Bonchev–Trinajstić information content (AvgIpc) is 2.80. The summed E-state index contributed by atoms with van der Waals surface area (Å²) in [6, 6.07) is 25.1. The van der Waals surface area contributed by atoms with Crippen molar-refractivity contribution >= 4 is 29.7 Å². The van der Waals surface area contributed by atoms with Crippen LogP contribution in [0.25, 0.3) is 12.2 Å². The molecule has 1 aliphatic rings. The largest absolute Gasteiger partial charge is 0.352 e. The summed E-state index contributed by atoms with van der Waals surface area (Å²) in [4.78, 5) is 25.3. The van der Waals surface area contributed by atoms with Crippen molar-refractivity contribution in [2.45, 2.75) is 25.7 Å². The average molecular weight is 425 g/mol. The van der Waals surface area contributed by atoms with Crippen LogP contribution in [0.15, 0.2) is 78.9 Å². The highest BCUT2D eigenvalue weighted by atomic mass is 16.2. The van der Waals surface area contributed by atoms with E-state index in [4.69, 9.17) is 0 Å². The van der Waals surface area contributed by atoms with Gasteiger partial charge in [0.15, 0.2) is 0 Å². The van der Waals surface area contributed by atoms with Gasteiger partial charge in [-0.3, -0.25) is 9.59 Å². The van der Waals surface area contributed by atoms with Crippen LogP contribution >= 0.6 is 0 Å². The third-order valence-corrected chi connectivity index (χ3v) is 5.88. The molecule has 0 spiro atoms. The first-order valence-electron chi connectivity index (χ1n) is 11.2. The minimum Gasteiger partial charge on any atom is -0.352 e. The molecule has 1 atom stereocenters. The highest BCUT2D eigenvalue weighted by Crippen LogP contribution is 2.29. The molecule has 4 rings (SSSR count). The monoisotopic (exact) mass is 424 g/mol. The lowest BCUT2D eigenvalue weighted by molar-refractivity contribution is -0.120. The first-order valence-corrected chi connectivity index (χ1v) is 11.2. The molecule has 1 aliphatic carbocycles. The third kappa shape index (κ3) is 5.52. The summed E-state index contributed by atoms with van der Waals surface area (Å²) in [5.41, 5.74) is 5.33. The molecule has 0 fully saturated rings. The zero-order chi connectivity index (χ0) is 22.2. The van der Waals surface area contributed by atoms with E-state index in [1.54, 1.807) is 12.1 Å². The lowest BCUT2D eigenvalue weighted by atomic mass is 9.87. The van der Waals surface area contributed by atoms with E-state index < -0.39 is 0 Å². The van der Waals surface area contributed by atoms with Crippen molar-refractivity contribution in [2.75, 3.05) is 11.9 Å². The molecule has 2 N–H and O–H groups in total. The van der Waals surface area contributed by atoms with Gasteiger partial charge >= 0.3 is 0 Å². The Balaban J connectivity index is 1.34. The van der Waals surface area contributed by atoms with Crippen LogP contribution in [0.2, 0.25) is 0 Å². The van der Waals surface area contributed by atoms with Gasteiger partial charge in [-0.15, -0.1) is 0 Å². The minimum absolute atomic E-state index is 0.0379. The number of anilines is 1. The molecule has 162 valence electrons. The van der Waals surface area contributed by atoms with Crippen molar-refractivity contribution in [3.8, 4) is 0 Å². The number of nitrogens with one attached hydrogen (secondary N) is 2. The molecule has 4 heteroatoms. The molecule has 0 saturated heterocycles. The second-order valence-electron chi connectivity index (χ2n) is 8.11. The zero-order valence-corrected chi connectivity index (χ0v) is 18.1. The van der Waals surface area contributed by atoms with Crippen LogP contribution in [0.3, 0.4) is 0 Å². The van der Waals surface area contributed by atoms with Gasteiger partial charge in [-0.05, 0) is 66.6 Å². The topological polar surface area (TPSA) is 58.2 Å². The summed E-state index contributed by atoms with van der Waals surface area (Å²) in [5, 5.41) is 6.02. The Morgan fingerprint density at radius 2 is 1.53 bits per heavy atom. The fourth-order valence-corrected chi connectivity index (χ4v) is 4.02. The Morgan fingerprint density at radius 3 is 2.25 bits per heavy atom. The Hall–Kier alpha value is -3.66. The van der Waals surface area contributed by atoms with Crippen LogP contribution < -0.4 is 10.6 Å². The van der Waals surface area contributed by atoms with E-state index >= 15 is 0 Å². The van der Waals surface area contributed by atoms with Gasteiger partial charge in [-0.2, -0.15) is 0 Å². The fourth-order valence-electron chi connectivity index (χ4n) is 4.02. The van der Waals surface area contributed by atoms with Crippen molar-refractivity contribution in [1.29, 1.82) is 0 Å². The summed E-state index contributed by atoms with van der Waals surface area (Å²) in [6.07, 6.45) is 7.36. The van der Waals surface area contributed by atoms with E-state index in [0.29, 0.717) is 12.1 Å². The quantitative estimate of drug-likeness (QED) is 0.327. The highest BCUT2D eigenvalue weighted by Gasteiger charge is 2.20. The highest BCUT2D eigenvalue weighted by molar-refractivity contribution is 5.94. The molecule has 3 aromatic carbocycles. The molecule has 3 aromatic rings. The number of aryl methyl sites for hydroxylation is 1. The summed E-state index contributed by atoms with van der Waals surface area (Å²) in [5.74, 6) is -0.161. The zero-order valence-electron chi connectivity index (χ0n) is 18.1. The van der Waals surface area contributed by atoms with Gasteiger partial charge in [0.25, 0.3) is 5.91 Å². The standard InChI is InChI=1S/C28H28N2O2/c31-27(23-9-3-1-4-10-23)29-20-8-13-24(28(32)30-25-14-5-2-6-15-25)17-16-21-11-7-12-22-18-19-26(21)22/h1-7,9-12,14-15,18-19,24H,8,13,16-17,20H2,(H,29,31)(H,30,32). The summed E-state index contributed by atoms with van der Waals surface area (Å²) in [7, 11) is 0. The molecule has 0 heterocycles. The molecule has 0 bridgehead atoms. The Morgan fingerprint density at radius 1 is 0.781 bits per heavy atom. The van der Waals surface area contributed by atoms with Crippen molar-refractivity contribution in [2.24, 2.45) is 5.92 Å². The summed E-state index contributed by atoms with van der Waals surface area (Å²) >= 11 is 0. The lowest BCUT2D eigenvalue weighted by Gasteiger charge is -2.20. The van der Waals surface area contributed by atoms with Gasteiger partial charge in [0.05, 0.1) is 0 Å². The van der Waals surface area contributed by atoms with Gasteiger partial charge in [0.2, 0.25) is 5.91 Å². The van der Waals surface area contributed by atoms with Crippen molar-refractivity contribution in [3.05, 3.63) is 101 Å². The smallest absolute Gasteiger partial charge is 0.251 e. The number of fused-ring (bicyclic) bond motifs is 1. The van der Waals surface area contributed by atoms with Crippen LogP contribution in [0, 0.1) is 5.92 Å². The van der Waals surface area contributed by atoms with Crippen LogP contribution in [0.5, 0.6) is 0 Å². The van der Waals surface area contributed by atoms with E-state index in [9.17, 15) is 9.59 Å². The Kier molecular flexibility index (Phi) is 7.13. The van der Waals surface area contributed by atoms with Gasteiger partial charge in [-0.1, -0.05) is 66.7 Å². The third-order valence-electron chi connectivity index (χ3n) is 5.88. The first kappa shape index (κ1) is 21.6. The van der Waals surface area contributed by atoms with Gasteiger partial charge < -0.3 is 10.6 Å². The molecular formula is C28H28N2O2. The molecule has 0 saturated carbocycles. The van der Waals surface area contributed by atoms with E-state index in [0.717, 1.165) is 31.4 Å². The first-order chi connectivity index (χ1) is 15.7. The maximum atomic E-state index is 13.0. The number of benzene rings is 3. The molecule has 2 amide bonds. The number of hydrogen-bond donors (Lipinski definition) is 2. The fraction of sp³-hybridized carbons (Fsp3) is 0.214. The SMILES string of the molecule is O=C(NCCCC(CCc1cccc2c1C=C2)C(=O)Nc1ccccc1)c1ccccc1. The van der Waals surface area contributed by atoms with E-state index in [2.05, 4.69) is 41.0 Å². The van der Waals surface area contributed by atoms with Crippen LogP contribution in [-0.2, 0) is 11.2 Å². The van der Waals surface area contributed by atoms with Crippen LogP contribution in [0.4, 0.5) is 5.69 Å². The molecule has 32 heavy (non-hydrogen) atoms. The maximum absolute atomic E-state index is 13.0. The second-order valence-corrected chi connectivity index (χ2v) is 8.11. The van der Waals surface area contributed by atoms with Gasteiger partial charge in [-0.25, -0.2) is 0 Å². The van der Waals surface area contributed by atoms with E-state index in [-0.39, 0.29) is 17.7 Å². The normalized spacial score (nSPS) is 12.4. The van der Waals surface area contributed by atoms with Crippen molar-refractivity contribution < 1.29 is 9.59 Å². The maximum Gasteiger partial charge on any atom is 0.251 e. The minimum atomic E-state index is -0.122. The molecule has 0 radical (unpaired) electrons. The molecule has 4 nitrogen and oxygen atoms in total. The molecule has 0 aromatic heterocycles. The number of hydrogen-bond acceptors (Lipinski definition) is 2. The van der Waals surface area contributed by atoms with Crippen LogP contribution in [0.1, 0.15) is 46.3 Å². The van der Waals surface area contributed by atoms with E-state index in [1.807, 2.05) is 48.5 Å². The summed E-state index contributed by atoms with van der Waals surface area (Å²) < 4.78 is 0. The molecule has 0 aliphatic heterocycles. The predicted molar refractivity (Wildman–Crippen MR) is 130 cm³/mol. The predicted octanol–water partition coefficient (Wildman–Crippen LogP) is 5.57. The number of amides is 2. The lowest BCUT2D eigenvalue weighted by Crippen LogP contribution is -2.27. The number of para-hydroxylation sites is 1. The van der Waals surface area contributed by atoms with Crippen LogP contribution in [-0.4, -0.2) is 18.4 Å². The Bertz CT molecular complexity index is 1090. The second kappa shape index (κ2) is 10.6. The van der Waals surface area contributed by atoms with E-state index in [1.165, 1.54) is 16.7 Å². The number of rotatable bonds is 10. The number of carbonyl (C=O) groups excluding carboxylic acids is 2. The van der Waals surface area contributed by atoms with Crippen molar-refractivity contribution in [1.82, 2.24) is 5.32 Å². The van der Waals surface area contributed by atoms with Gasteiger partial charge in [0.1, 0.15) is 0 Å². The molecule has 1 unspecified atom stereocenters. The van der Waals surface area contributed by atoms with Crippen molar-refractivity contribution in [3.63, 3.8) is 0 Å². The Labute approximate surface area is 189 Å². The summed E-state index contributed by atoms with van der Waals surface area (Å²) in [6.45, 7) is 0.548. The van der Waals surface area contributed by atoms with Gasteiger partial charge in [0, 0.05) is 23.7 Å². The number of carbonyl (C=O) groups is 2. The molecular weight excluding hydrogens is 396 g/mol.